The van der Waals surface area contributed by atoms with Gasteiger partial charge in [0.15, 0.2) is 5.13 Å². The van der Waals surface area contributed by atoms with E-state index in [1.165, 1.54) is 11.3 Å². The molecule has 0 bridgehead atoms. The third kappa shape index (κ3) is 4.30. The highest BCUT2D eigenvalue weighted by Crippen LogP contribution is 2.29. The van der Waals surface area contributed by atoms with E-state index in [0.29, 0.717) is 30.5 Å². The summed E-state index contributed by atoms with van der Waals surface area (Å²) < 4.78 is 5.16. The van der Waals surface area contributed by atoms with E-state index in [1.807, 2.05) is 12.1 Å². The van der Waals surface area contributed by atoms with Crippen molar-refractivity contribution in [3.8, 4) is 5.75 Å². The van der Waals surface area contributed by atoms with E-state index in [2.05, 4.69) is 10.3 Å². The molecule has 3 amide bonds. The van der Waals surface area contributed by atoms with Crippen LogP contribution in [0, 0.1) is 11.8 Å². The van der Waals surface area contributed by atoms with Crippen LogP contribution in [0.4, 0.5) is 10.8 Å². The summed E-state index contributed by atoms with van der Waals surface area (Å²) in [5.74, 6) is -0.153. The van der Waals surface area contributed by atoms with E-state index in [9.17, 15) is 14.4 Å². The Labute approximate surface area is 178 Å². The molecule has 2 saturated heterocycles. The van der Waals surface area contributed by atoms with Crippen molar-refractivity contribution in [1.82, 2.24) is 9.88 Å². The first kappa shape index (κ1) is 20.3. The number of carbonyl (C=O) groups excluding carboxylic acids is 3. The lowest BCUT2D eigenvalue weighted by Crippen LogP contribution is -2.46. The number of hydrogen-bond acceptors (Lipinski definition) is 6. The Morgan fingerprint density at radius 3 is 2.70 bits per heavy atom. The maximum atomic E-state index is 13.1. The van der Waals surface area contributed by atoms with Crippen LogP contribution < -0.4 is 15.0 Å². The Hall–Kier alpha value is -2.94. The monoisotopic (exact) mass is 428 g/mol. The fourth-order valence-electron chi connectivity index (χ4n) is 4.03. The average Bonchev–Trinajstić information content (AvgIpc) is 3.43. The number of carbonyl (C=O) groups is 3. The molecule has 3 heterocycles. The Kier molecular flexibility index (Phi) is 5.98. The number of ether oxygens (including phenoxy) is 1. The second-order valence-electron chi connectivity index (χ2n) is 7.55. The maximum Gasteiger partial charge on any atom is 0.231 e. The summed E-state index contributed by atoms with van der Waals surface area (Å²) in [5, 5.41) is 5.20. The number of methoxy groups -OCH3 is 1. The summed E-state index contributed by atoms with van der Waals surface area (Å²) in [7, 11) is 1.59. The Morgan fingerprint density at radius 2 is 2.00 bits per heavy atom. The molecule has 2 fully saturated rings. The lowest BCUT2D eigenvalue weighted by atomic mass is 9.95. The molecule has 158 valence electrons. The first-order chi connectivity index (χ1) is 14.5. The highest BCUT2D eigenvalue weighted by molar-refractivity contribution is 7.13. The van der Waals surface area contributed by atoms with Crippen LogP contribution in [0.1, 0.15) is 19.3 Å². The number of nitrogens with zero attached hydrogens (tertiary/aromatic N) is 3. The van der Waals surface area contributed by atoms with Crippen LogP contribution in [0.15, 0.2) is 35.8 Å². The van der Waals surface area contributed by atoms with Gasteiger partial charge >= 0.3 is 0 Å². The largest absolute Gasteiger partial charge is 0.497 e. The molecular formula is C21H24N4O4S. The Balaban J connectivity index is 1.37. The number of rotatable bonds is 5. The summed E-state index contributed by atoms with van der Waals surface area (Å²) in [5.41, 5.74) is 0.760. The number of anilines is 2. The topological polar surface area (TPSA) is 91.8 Å². The van der Waals surface area contributed by atoms with Crippen LogP contribution >= 0.6 is 11.3 Å². The highest BCUT2D eigenvalue weighted by Gasteiger charge is 2.39. The van der Waals surface area contributed by atoms with Crippen molar-refractivity contribution in [3.05, 3.63) is 35.8 Å². The molecular weight excluding hydrogens is 404 g/mol. The summed E-state index contributed by atoms with van der Waals surface area (Å²) >= 11 is 1.37. The minimum absolute atomic E-state index is 0.0499. The van der Waals surface area contributed by atoms with E-state index >= 15 is 0 Å². The van der Waals surface area contributed by atoms with Crippen molar-refractivity contribution in [3.63, 3.8) is 0 Å². The van der Waals surface area contributed by atoms with Crippen molar-refractivity contribution in [2.24, 2.45) is 11.8 Å². The third-order valence-electron chi connectivity index (χ3n) is 5.62. The van der Waals surface area contributed by atoms with Crippen molar-refractivity contribution in [1.29, 1.82) is 0 Å². The van der Waals surface area contributed by atoms with Gasteiger partial charge in [0, 0.05) is 43.3 Å². The molecule has 0 unspecified atom stereocenters. The van der Waals surface area contributed by atoms with Gasteiger partial charge in [-0.25, -0.2) is 4.98 Å². The number of benzene rings is 1. The zero-order valence-electron chi connectivity index (χ0n) is 16.7. The van der Waals surface area contributed by atoms with E-state index in [1.54, 1.807) is 40.6 Å². The maximum absolute atomic E-state index is 13.1. The zero-order valence-corrected chi connectivity index (χ0v) is 17.6. The van der Waals surface area contributed by atoms with Crippen LogP contribution in [0.3, 0.4) is 0 Å². The Morgan fingerprint density at radius 1 is 1.20 bits per heavy atom. The number of hydrogen-bond donors (Lipinski definition) is 1. The minimum atomic E-state index is -0.389. The van der Waals surface area contributed by atoms with E-state index in [4.69, 9.17) is 4.74 Å². The van der Waals surface area contributed by atoms with Crippen LogP contribution in [0.25, 0.3) is 0 Å². The van der Waals surface area contributed by atoms with Crippen LogP contribution in [-0.2, 0) is 14.4 Å². The molecule has 0 aliphatic carbocycles. The fourth-order valence-corrected chi connectivity index (χ4v) is 4.56. The number of aromatic nitrogens is 1. The van der Waals surface area contributed by atoms with Gasteiger partial charge < -0.3 is 19.9 Å². The van der Waals surface area contributed by atoms with Crippen molar-refractivity contribution in [2.75, 3.05) is 37.0 Å². The smallest absolute Gasteiger partial charge is 0.231 e. The molecule has 9 heteroatoms. The van der Waals surface area contributed by atoms with E-state index in [-0.39, 0.29) is 36.0 Å². The molecule has 2 aliphatic rings. The van der Waals surface area contributed by atoms with Gasteiger partial charge in [0.25, 0.3) is 0 Å². The second kappa shape index (κ2) is 8.83. The average molecular weight is 429 g/mol. The van der Waals surface area contributed by atoms with Crippen LogP contribution in [0.2, 0.25) is 0 Å². The van der Waals surface area contributed by atoms with Gasteiger partial charge in [0.1, 0.15) is 5.75 Å². The lowest BCUT2D eigenvalue weighted by Gasteiger charge is -2.33. The summed E-state index contributed by atoms with van der Waals surface area (Å²) in [6, 6.07) is 7.25. The predicted octanol–water partition coefficient (Wildman–Crippen LogP) is 2.38. The van der Waals surface area contributed by atoms with Gasteiger partial charge in [-0.3, -0.25) is 14.4 Å². The second-order valence-corrected chi connectivity index (χ2v) is 8.45. The van der Waals surface area contributed by atoms with Crippen LogP contribution in [0.5, 0.6) is 5.75 Å². The fraction of sp³-hybridized carbons (Fsp3) is 0.429. The molecule has 2 aromatic rings. The van der Waals surface area contributed by atoms with E-state index < -0.39 is 0 Å². The third-order valence-corrected chi connectivity index (χ3v) is 6.31. The standard InChI is InChI=1S/C21H24N4O4S/c1-29-17-6-4-16(5-7-17)25-13-15(11-18(25)26)20(28)24-9-2-3-14(12-24)19(27)23-21-22-8-10-30-21/h4-8,10,14-15H,2-3,9,11-13H2,1H3,(H,22,23,27)/t14-,15+/m0/s1. The number of piperidine rings is 1. The van der Waals surface area contributed by atoms with Crippen molar-refractivity contribution < 1.29 is 19.1 Å². The molecule has 0 saturated carbocycles. The number of likely N-dealkylation sites (tertiary alicyclic amines) is 1. The van der Waals surface area contributed by atoms with Crippen molar-refractivity contribution >= 4 is 39.9 Å². The van der Waals surface area contributed by atoms with Gasteiger partial charge in [0.05, 0.1) is 18.9 Å². The molecule has 2 atom stereocenters. The molecule has 1 aromatic heterocycles. The summed E-state index contributed by atoms with van der Waals surface area (Å²) in [6.07, 6.45) is 3.34. The van der Waals surface area contributed by atoms with E-state index in [0.717, 1.165) is 18.5 Å². The van der Waals surface area contributed by atoms with Gasteiger partial charge in [-0.2, -0.15) is 0 Å². The van der Waals surface area contributed by atoms with Gasteiger partial charge in [-0.1, -0.05) is 0 Å². The summed E-state index contributed by atoms with van der Waals surface area (Å²) in [4.78, 5) is 45.6. The molecule has 8 nitrogen and oxygen atoms in total. The minimum Gasteiger partial charge on any atom is -0.497 e. The van der Waals surface area contributed by atoms with Gasteiger partial charge in [0.2, 0.25) is 17.7 Å². The number of amides is 3. The lowest BCUT2D eigenvalue weighted by molar-refractivity contribution is -0.138. The first-order valence-corrected chi connectivity index (χ1v) is 10.9. The molecule has 4 rings (SSSR count). The predicted molar refractivity (Wildman–Crippen MR) is 114 cm³/mol. The SMILES string of the molecule is COc1ccc(N2C[C@H](C(=O)N3CCC[C@H](C(=O)Nc4nccs4)C3)CC2=O)cc1. The normalized spacial score (nSPS) is 21.6. The summed E-state index contributed by atoms with van der Waals surface area (Å²) in [6.45, 7) is 1.35. The molecule has 1 N–H and O–H groups in total. The van der Waals surface area contributed by atoms with Crippen LogP contribution in [-0.4, -0.2) is 54.3 Å². The zero-order chi connectivity index (χ0) is 21.1. The van der Waals surface area contributed by atoms with Crippen molar-refractivity contribution in [2.45, 2.75) is 19.3 Å². The Bertz CT molecular complexity index is 916. The number of thiazole rings is 1. The first-order valence-electron chi connectivity index (χ1n) is 9.98. The quantitative estimate of drug-likeness (QED) is 0.790. The highest BCUT2D eigenvalue weighted by atomic mass is 32.1. The molecule has 0 radical (unpaired) electrons. The molecule has 2 aliphatic heterocycles. The van der Waals surface area contributed by atoms with Gasteiger partial charge in [-0.15, -0.1) is 11.3 Å². The molecule has 0 spiro atoms. The molecule has 1 aromatic carbocycles. The molecule has 30 heavy (non-hydrogen) atoms. The number of nitrogens with one attached hydrogen (secondary N) is 1. The van der Waals surface area contributed by atoms with Gasteiger partial charge in [-0.05, 0) is 37.1 Å².